The second-order valence-electron chi connectivity index (χ2n) is 4.58. The summed E-state index contributed by atoms with van der Waals surface area (Å²) in [6.45, 7) is 4.49. The molecule has 1 N–H and O–H groups in total. The maximum Gasteiger partial charge on any atom is 0.407 e. The molecule has 18 heavy (non-hydrogen) atoms. The minimum Gasteiger partial charge on any atom is -0.453 e. The molecule has 0 bridgehead atoms. The van der Waals surface area contributed by atoms with Gasteiger partial charge in [-0.15, -0.1) is 0 Å². The van der Waals surface area contributed by atoms with Gasteiger partial charge in [-0.3, -0.25) is 4.79 Å². The molecule has 1 aliphatic heterocycles. The van der Waals surface area contributed by atoms with E-state index in [0.29, 0.717) is 0 Å². The summed E-state index contributed by atoms with van der Waals surface area (Å²) in [5.74, 6) is -0.111. The molecule has 104 valence electrons. The van der Waals surface area contributed by atoms with Crippen LogP contribution in [-0.4, -0.2) is 55.9 Å². The van der Waals surface area contributed by atoms with Crippen molar-refractivity contribution in [1.29, 1.82) is 0 Å². The molecule has 0 radical (unpaired) electrons. The van der Waals surface area contributed by atoms with Crippen molar-refractivity contribution in [2.24, 2.45) is 0 Å². The summed E-state index contributed by atoms with van der Waals surface area (Å²) in [6.07, 6.45) is 0.977. The van der Waals surface area contributed by atoms with Gasteiger partial charge in [0, 0.05) is 19.7 Å². The Morgan fingerprint density at radius 1 is 1.39 bits per heavy atom. The molecular weight excluding hydrogens is 236 g/mol. The Labute approximate surface area is 108 Å². The fraction of sp³-hybridized carbons (Fsp3) is 0.833. The van der Waals surface area contributed by atoms with Crippen LogP contribution in [-0.2, 0) is 14.3 Å². The highest BCUT2D eigenvalue weighted by Gasteiger charge is 2.35. The highest BCUT2D eigenvalue weighted by Crippen LogP contribution is 2.18. The first kappa shape index (κ1) is 14.8. The maximum atomic E-state index is 12.4. The largest absolute Gasteiger partial charge is 0.453 e. The number of likely N-dealkylation sites (tertiary alicyclic amines) is 1. The van der Waals surface area contributed by atoms with E-state index < -0.39 is 18.2 Å². The molecule has 0 aromatic heterocycles. The van der Waals surface area contributed by atoms with Crippen LogP contribution in [0.2, 0.25) is 0 Å². The van der Waals surface area contributed by atoms with Crippen molar-refractivity contribution < 1.29 is 19.1 Å². The molecular formula is C12H22N2O4. The minimum atomic E-state index is -0.706. The molecule has 6 nitrogen and oxygen atoms in total. The molecule has 1 rings (SSSR count). The monoisotopic (exact) mass is 258 g/mol. The lowest BCUT2D eigenvalue weighted by Crippen LogP contribution is -2.54. The summed E-state index contributed by atoms with van der Waals surface area (Å²) in [5, 5.41) is 2.54. The number of carbonyl (C=O) groups excluding carboxylic acids is 2. The lowest BCUT2D eigenvalue weighted by Gasteiger charge is -2.29. The Morgan fingerprint density at radius 3 is 2.50 bits per heavy atom. The molecule has 0 spiro atoms. The van der Waals surface area contributed by atoms with Gasteiger partial charge in [0.15, 0.2) is 0 Å². The summed E-state index contributed by atoms with van der Waals surface area (Å²) in [7, 11) is 2.78. The van der Waals surface area contributed by atoms with Crippen molar-refractivity contribution in [2.45, 2.75) is 44.9 Å². The number of nitrogens with one attached hydrogen (secondary N) is 1. The third-order valence-electron chi connectivity index (χ3n) is 3.40. The van der Waals surface area contributed by atoms with E-state index in [4.69, 9.17) is 4.74 Å². The molecule has 0 saturated carbocycles. The van der Waals surface area contributed by atoms with Crippen LogP contribution in [0.3, 0.4) is 0 Å². The predicted octanol–water partition coefficient (Wildman–Crippen LogP) is 0.757. The summed E-state index contributed by atoms with van der Waals surface area (Å²) >= 11 is 0. The highest BCUT2D eigenvalue weighted by atomic mass is 16.5. The Balaban J connectivity index is 2.75. The molecule has 6 heteroatoms. The van der Waals surface area contributed by atoms with Gasteiger partial charge in [-0.1, -0.05) is 0 Å². The first-order valence-electron chi connectivity index (χ1n) is 6.19. The van der Waals surface area contributed by atoms with Crippen molar-refractivity contribution in [3.05, 3.63) is 0 Å². The number of methoxy groups -OCH3 is 2. The third-order valence-corrected chi connectivity index (χ3v) is 3.40. The number of ether oxygens (including phenoxy) is 2. The second kappa shape index (κ2) is 6.58. The van der Waals surface area contributed by atoms with Crippen LogP contribution < -0.4 is 5.32 Å². The van der Waals surface area contributed by atoms with Gasteiger partial charge >= 0.3 is 6.09 Å². The van der Waals surface area contributed by atoms with Gasteiger partial charge in [-0.25, -0.2) is 4.79 Å². The number of hydrogen-bond donors (Lipinski definition) is 1. The Morgan fingerprint density at radius 2 is 2.06 bits per heavy atom. The number of alkyl carbamates (subject to hydrolysis) is 1. The zero-order valence-corrected chi connectivity index (χ0v) is 11.4. The smallest absolute Gasteiger partial charge is 0.407 e. The number of amides is 2. The summed E-state index contributed by atoms with van der Waals surface area (Å²) < 4.78 is 9.69. The van der Waals surface area contributed by atoms with Gasteiger partial charge in [0.05, 0.1) is 13.2 Å². The standard InChI is InChI=1S/C12H22N2O4/c1-8-6-5-7-14(8)11(15)10(9(2)17-3)13-12(16)18-4/h8-10H,5-7H2,1-4H3,(H,13,16)/t8-,9?,10?/m1/s1. The van der Waals surface area contributed by atoms with Gasteiger partial charge in [-0.05, 0) is 26.7 Å². The summed E-state index contributed by atoms with van der Waals surface area (Å²) in [4.78, 5) is 25.5. The lowest BCUT2D eigenvalue weighted by atomic mass is 10.1. The number of hydrogen-bond acceptors (Lipinski definition) is 4. The normalized spacial score (nSPS) is 22.4. The van der Waals surface area contributed by atoms with Crippen molar-refractivity contribution in [3.63, 3.8) is 0 Å². The van der Waals surface area contributed by atoms with E-state index in [1.54, 1.807) is 11.8 Å². The average molecular weight is 258 g/mol. The minimum absolute atomic E-state index is 0.111. The molecule has 1 aliphatic rings. The van der Waals surface area contributed by atoms with E-state index in [-0.39, 0.29) is 11.9 Å². The molecule has 3 atom stereocenters. The van der Waals surface area contributed by atoms with Gasteiger partial charge in [0.1, 0.15) is 6.04 Å². The highest BCUT2D eigenvalue weighted by molar-refractivity contribution is 5.86. The van der Waals surface area contributed by atoms with E-state index in [2.05, 4.69) is 10.1 Å². The SMILES string of the molecule is COC(=O)NC(C(=O)N1CCC[C@H]1C)C(C)OC. The Bertz CT molecular complexity index is 308. The maximum absolute atomic E-state index is 12.4. The number of carbonyl (C=O) groups is 2. The fourth-order valence-electron chi connectivity index (χ4n) is 2.14. The predicted molar refractivity (Wildman–Crippen MR) is 66.2 cm³/mol. The third kappa shape index (κ3) is 3.35. The fourth-order valence-corrected chi connectivity index (χ4v) is 2.14. The first-order chi connectivity index (χ1) is 8.51. The molecule has 0 aromatic carbocycles. The van der Waals surface area contributed by atoms with Crippen molar-refractivity contribution in [3.8, 4) is 0 Å². The van der Waals surface area contributed by atoms with Crippen molar-refractivity contribution in [2.75, 3.05) is 20.8 Å². The molecule has 2 amide bonds. The topological polar surface area (TPSA) is 67.9 Å². The van der Waals surface area contributed by atoms with Gasteiger partial charge in [0.2, 0.25) is 5.91 Å². The van der Waals surface area contributed by atoms with Crippen LogP contribution in [0, 0.1) is 0 Å². The van der Waals surface area contributed by atoms with E-state index in [0.717, 1.165) is 19.4 Å². The van der Waals surface area contributed by atoms with E-state index in [1.807, 2.05) is 6.92 Å². The van der Waals surface area contributed by atoms with Gasteiger partial charge in [-0.2, -0.15) is 0 Å². The van der Waals surface area contributed by atoms with Crippen molar-refractivity contribution >= 4 is 12.0 Å². The van der Waals surface area contributed by atoms with E-state index in [1.165, 1.54) is 14.2 Å². The summed E-state index contributed by atoms with van der Waals surface area (Å²) in [6, 6.07) is -0.494. The van der Waals surface area contributed by atoms with Gasteiger partial charge in [0.25, 0.3) is 0 Å². The Hall–Kier alpha value is -1.30. The van der Waals surface area contributed by atoms with E-state index >= 15 is 0 Å². The molecule has 1 saturated heterocycles. The summed E-state index contributed by atoms with van der Waals surface area (Å²) in [5.41, 5.74) is 0. The molecule has 0 aliphatic carbocycles. The first-order valence-corrected chi connectivity index (χ1v) is 6.19. The molecule has 1 fully saturated rings. The van der Waals surface area contributed by atoms with Crippen molar-refractivity contribution in [1.82, 2.24) is 10.2 Å². The van der Waals surface area contributed by atoms with Crippen LogP contribution in [0.5, 0.6) is 0 Å². The van der Waals surface area contributed by atoms with Crippen LogP contribution in [0.4, 0.5) is 4.79 Å². The van der Waals surface area contributed by atoms with Crippen LogP contribution in [0.1, 0.15) is 26.7 Å². The zero-order valence-electron chi connectivity index (χ0n) is 11.4. The van der Waals surface area contributed by atoms with Crippen LogP contribution in [0.25, 0.3) is 0 Å². The molecule has 2 unspecified atom stereocenters. The lowest BCUT2D eigenvalue weighted by molar-refractivity contribution is -0.137. The van der Waals surface area contributed by atoms with Crippen LogP contribution >= 0.6 is 0 Å². The number of nitrogens with zero attached hydrogens (tertiary/aromatic N) is 1. The average Bonchev–Trinajstić information content (AvgIpc) is 2.80. The van der Waals surface area contributed by atoms with Crippen LogP contribution in [0.15, 0.2) is 0 Å². The number of rotatable bonds is 4. The molecule has 1 heterocycles. The second-order valence-corrected chi connectivity index (χ2v) is 4.58. The van der Waals surface area contributed by atoms with Gasteiger partial charge < -0.3 is 19.7 Å². The zero-order chi connectivity index (χ0) is 13.7. The molecule has 0 aromatic rings. The van der Waals surface area contributed by atoms with E-state index in [9.17, 15) is 9.59 Å². The Kier molecular flexibility index (Phi) is 5.40. The quantitative estimate of drug-likeness (QED) is 0.808.